The molecule has 1 aliphatic heterocycles. The molecule has 2 heterocycles. The van der Waals surface area contributed by atoms with E-state index in [1.165, 1.54) is 17.0 Å². The van der Waals surface area contributed by atoms with Gasteiger partial charge < -0.3 is 9.63 Å². The van der Waals surface area contributed by atoms with Crippen LogP contribution in [0.3, 0.4) is 0 Å². The molecular weight excluding hydrogens is 459 g/mol. The van der Waals surface area contributed by atoms with Crippen molar-refractivity contribution in [2.24, 2.45) is 0 Å². The summed E-state index contributed by atoms with van der Waals surface area (Å²) in [4.78, 5) is 16.7. The molecule has 1 saturated heterocycles. The maximum Gasteiger partial charge on any atom is 0.417 e. The Kier molecular flexibility index (Phi) is 6.32. The fourth-order valence-corrected chi connectivity index (χ4v) is 3.96. The van der Waals surface area contributed by atoms with Crippen LogP contribution in [0, 0.1) is 11.8 Å². The van der Waals surface area contributed by atoms with Crippen molar-refractivity contribution in [3.63, 3.8) is 0 Å². The number of carboxylic acid groups (broad SMARTS) is 1. The molecule has 1 amide bonds. The minimum Gasteiger partial charge on any atom is -0.465 e. The van der Waals surface area contributed by atoms with Gasteiger partial charge in [-0.15, -0.1) is 0 Å². The second-order valence-corrected chi connectivity index (χ2v) is 9.43. The molecule has 1 atom stereocenters. The minimum atomic E-state index is -4.64. The maximum atomic E-state index is 13.8. The maximum absolute atomic E-state index is 13.8. The first-order valence-corrected chi connectivity index (χ1v) is 11.1. The summed E-state index contributed by atoms with van der Waals surface area (Å²) in [6.07, 6.45) is -4.61. The van der Waals surface area contributed by atoms with Gasteiger partial charge in [-0.1, -0.05) is 49.9 Å². The fourth-order valence-electron chi connectivity index (χ4n) is 3.96. The second-order valence-electron chi connectivity index (χ2n) is 9.43. The Labute approximate surface area is 200 Å². The van der Waals surface area contributed by atoms with Crippen molar-refractivity contribution in [2.75, 3.05) is 6.54 Å². The Morgan fingerprint density at radius 2 is 1.83 bits per heavy atom. The Balaban J connectivity index is 1.63. The van der Waals surface area contributed by atoms with E-state index in [0.717, 1.165) is 11.6 Å². The van der Waals surface area contributed by atoms with E-state index >= 15 is 0 Å². The zero-order valence-electron chi connectivity index (χ0n) is 19.5. The van der Waals surface area contributed by atoms with Crippen LogP contribution in [0.4, 0.5) is 18.0 Å². The summed E-state index contributed by atoms with van der Waals surface area (Å²) in [5.74, 6) is 5.47. The van der Waals surface area contributed by atoms with E-state index in [0.29, 0.717) is 24.9 Å². The molecule has 1 N–H and O–H groups in total. The molecule has 3 aromatic rings. The van der Waals surface area contributed by atoms with Crippen molar-refractivity contribution in [1.29, 1.82) is 0 Å². The summed E-state index contributed by atoms with van der Waals surface area (Å²) < 4.78 is 46.7. The van der Waals surface area contributed by atoms with E-state index in [9.17, 15) is 23.1 Å². The van der Waals surface area contributed by atoms with Crippen molar-refractivity contribution in [2.45, 2.75) is 51.2 Å². The van der Waals surface area contributed by atoms with Gasteiger partial charge >= 0.3 is 12.3 Å². The fraction of sp³-hybridized carbons (Fsp3) is 0.346. The molecule has 35 heavy (non-hydrogen) atoms. The lowest BCUT2D eigenvalue weighted by Gasteiger charge is -2.18. The molecule has 0 radical (unpaired) electrons. The van der Waals surface area contributed by atoms with Gasteiger partial charge in [-0.25, -0.2) is 4.79 Å². The van der Waals surface area contributed by atoms with Crippen LogP contribution in [0.1, 0.15) is 67.8 Å². The summed E-state index contributed by atoms with van der Waals surface area (Å²) in [7, 11) is 0. The van der Waals surface area contributed by atoms with Gasteiger partial charge in [0.05, 0.1) is 5.56 Å². The van der Waals surface area contributed by atoms with Gasteiger partial charge in [-0.05, 0) is 54.2 Å². The molecule has 0 saturated carbocycles. The normalized spacial score (nSPS) is 16.2. The highest BCUT2D eigenvalue weighted by Gasteiger charge is 2.36. The van der Waals surface area contributed by atoms with Gasteiger partial charge in [0.15, 0.2) is 0 Å². The van der Waals surface area contributed by atoms with Gasteiger partial charge in [0.25, 0.3) is 0 Å². The number of amides is 1. The number of nitrogens with zero attached hydrogens (tertiary/aromatic N) is 3. The molecule has 9 heteroatoms. The SMILES string of the molecule is CC(C)(C)c1ccc(C#Cc2ccc(-c3noc(C4CCCN4C(=O)O)n3)cc2C(F)(F)F)cc1. The predicted octanol–water partition coefficient (Wildman–Crippen LogP) is 6.27. The van der Waals surface area contributed by atoms with Crippen molar-refractivity contribution in [3.05, 3.63) is 70.6 Å². The van der Waals surface area contributed by atoms with E-state index in [-0.39, 0.29) is 28.3 Å². The van der Waals surface area contributed by atoms with Gasteiger partial charge in [-0.3, -0.25) is 4.90 Å². The third-order valence-electron chi connectivity index (χ3n) is 5.90. The van der Waals surface area contributed by atoms with Gasteiger partial charge in [0.2, 0.25) is 11.7 Å². The average molecular weight is 483 g/mol. The van der Waals surface area contributed by atoms with Crippen LogP contribution in [0.25, 0.3) is 11.4 Å². The van der Waals surface area contributed by atoms with Gasteiger partial charge in [-0.2, -0.15) is 18.2 Å². The molecule has 1 aliphatic rings. The number of likely N-dealkylation sites (tertiary alicyclic amines) is 1. The zero-order valence-corrected chi connectivity index (χ0v) is 19.5. The highest BCUT2D eigenvalue weighted by Crippen LogP contribution is 2.36. The predicted molar refractivity (Wildman–Crippen MR) is 123 cm³/mol. The van der Waals surface area contributed by atoms with Crippen molar-refractivity contribution in [3.8, 4) is 23.2 Å². The second kappa shape index (κ2) is 9.10. The van der Waals surface area contributed by atoms with E-state index in [1.54, 1.807) is 12.1 Å². The molecule has 1 unspecified atom stereocenters. The standard InChI is InChI=1S/C26H24F3N3O3/c1-25(2,3)19-12-7-16(8-13-19)6-9-17-10-11-18(15-20(17)26(27,28)29)22-30-23(35-31-22)21-5-4-14-32(21)24(33)34/h7-8,10-13,15,21H,4-5,14H2,1-3H3,(H,33,34). The van der Waals surface area contributed by atoms with Crippen LogP contribution in [0.15, 0.2) is 47.0 Å². The molecule has 0 bridgehead atoms. The number of rotatable bonds is 2. The van der Waals surface area contributed by atoms with Crippen LogP contribution >= 0.6 is 0 Å². The van der Waals surface area contributed by atoms with Crippen LogP contribution in [0.2, 0.25) is 0 Å². The smallest absolute Gasteiger partial charge is 0.417 e. The minimum absolute atomic E-state index is 0.0378. The van der Waals surface area contributed by atoms with E-state index in [2.05, 4.69) is 42.8 Å². The Morgan fingerprint density at radius 1 is 1.11 bits per heavy atom. The molecule has 0 aliphatic carbocycles. The van der Waals surface area contributed by atoms with Gasteiger partial charge in [0, 0.05) is 23.2 Å². The lowest BCUT2D eigenvalue weighted by Crippen LogP contribution is -2.28. The summed E-state index contributed by atoms with van der Waals surface area (Å²) in [5, 5.41) is 13.1. The summed E-state index contributed by atoms with van der Waals surface area (Å²) in [6, 6.07) is 10.5. The van der Waals surface area contributed by atoms with Crippen molar-refractivity contribution < 1.29 is 27.6 Å². The van der Waals surface area contributed by atoms with Crippen LogP contribution in [-0.4, -0.2) is 32.8 Å². The number of hydrogen-bond donors (Lipinski definition) is 1. The highest BCUT2D eigenvalue weighted by molar-refractivity contribution is 5.66. The monoisotopic (exact) mass is 483 g/mol. The number of alkyl halides is 3. The third-order valence-corrected chi connectivity index (χ3v) is 5.90. The molecule has 2 aromatic carbocycles. The lowest BCUT2D eigenvalue weighted by molar-refractivity contribution is -0.137. The number of aromatic nitrogens is 2. The molecule has 1 aromatic heterocycles. The number of carbonyl (C=O) groups is 1. The Bertz CT molecular complexity index is 1300. The number of halogens is 3. The van der Waals surface area contributed by atoms with E-state index < -0.39 is 23.9 Å². The zero-order chi connectivity index (χ0) is 25.4. The first-order valence-electron chi connectivity index (χ1n) is 11.1. The topological polar surface area (TPSA) is 79.5 Å². The Morgan fingerprint density at radius 3 is 2.46 bits per heavy atom. The highest BCUT2D eigenvalue weighted by atomic mass is 19.4. The largest absolute Gasteiger partial charge is 0.465 e. The van der Waals surface area contributed by atoms with E-state index in [4.69, 9.17) is 4.52 Å². The summed E-state index contributed by atoms with van der Waals surface area (Å²) >= 11 is 0. The number of hydrogen-bond acceptors (Lipinski definition) is 4. The molecular formula is C26H24F3N3O3. The molecule has 1 fully saturated rings. The summed E-state index contributed by atoms with van der Waals surface area (Å²) in [6.45, 7) is 6.57. The molecule has 4 rings (SSSR count). The lowest BCUT2D eigenvalue weighted by atomic mass is 9.87. The quantitative estimate of drug-likeness (QED) is 0.435. The van der Waals surface area contributed by atoms with Crippen LogP contribution < -0.4 is 0 Å². The van der Waals surface area contributed by atoms with E-state index in [1.807, 2.05) is 12.1 Å². The van der Waals surface area contributed by atoms with Crippen LogP contribution in [-0.2, 0) is 11.6 Å². The van der Waals surface area contributed by atoms with Crippen molar-refractivity contribution >= 4 is 6.09 Å². The first kappa shape index (κ1) is 24.3. The molecule has 182 valence electrons. The van der Waals surface area contributed by atoms with Crippen LogP contribution in [0.5, 0.6) is 0 Å². The number of benzene rings is 2. The molecule has 0 spiro atoms. The first-order chi connectivity index (χ1) is 16.4. The molecule has 6 nitrogen and oxygen atoms in total. The van der Waals surface area contributed by atoms with Crippen molar-refractivity contribution in [1.82, 2.24) is 15.0 Å². The third kappa shape index (κ3) is 5.32. The summed E-state index contributed by atoms with van der Waals surface area (Å²) in [5.41, 5.74) is 0.701. The van der Waals surface area contributed by atoms with Gasteiger partial charge in [0.1, 0.15) is 6.04 Å². The Hall–Kier alpha value is -3.80. The average Bonchev–Trinajstić information content (AvgIpc) is 3.46.